The van der Waals surface area contributed by atoms with Crippen molar-refractivity contribution in [1.29, 1.82) is 0 Å². The highest BCUT2D eigenvalue weighted by molar-refractivity contribution is 5.48. The molecule has 5 nitrogen and oxygen atoms in total. The number of nitrogens with zero attached hydrogens (tertiary/aromatic N) is 1. The van der Waals surface area contributed by atoms with Crippen LogP contribution in [-0.4, -0.2) is 36.6 Å². The topological polar surface area (TPSA) is 62.2 Å². The summed E-state index contributed by atoms with van der Waals surface area (Å²) in [5.74, 6) is 0. The SMILES string of the molecule is Cc1ccccc1N(OCCO)OCCO. The molecule has 2 N–H and O–H groups in total. The van der Waals surface area contributed by atoms with Crippen LogP contribution in [-0.2, 0) is 9.68 Å². The van der Waals surface area contributed by atoms with Crippen molar-refractivity contribution in [2.75, 3.05) is 31.7 Å². The van der Waals surface area contributed by atoms with E-state index in [1.807, 2.05) is 31.2 Å². The Labute approximate surface area is 94.7 Å². The second kappa shape index (κ2) is 7.19. The van der Waals surface area contributed by atoms with Crippen LogP contribution < -0.4 is 5.23 Å². The van der Waals surface area contributed by atoms with Crippen LogP contribution in [0.3, 0.4) is 0 Å². The number of hydrogen-bond donors (Lipinski definition) is 2. The monoisotopic (exact) mass is 227 g/mol. The zero-order valence-corrected chi connectivity index (χ0v) is 9.30. The fourth-order valence-corrected chi connectivity index (χ4v) is 1.19. The molecule has 0 atom stereocenters. The van der Waals surface area contributed by atoms with Gasteiger partial charge in [-0.25, -0.2) is 9.68 Å². The molecule has 0 unspecified atom stereocenters. The highest BCUT2D eigenvalue weighted by Crippen LogP contribution is 2.19. The van der Waals surface area contributed by atoms with Crippen molar-refractivity contribution >= 4 is 5.69 Å². The average molecular weight is 227 g/mol. The Balaban J connectivity index is 2.70. The Kier molecular flexibility index (Phi) is 5.81. The van der Waals surface area contributed by atoms with Crippen molar-refractivity contribution < 1.29 is 19.9 Å². The van der Waals surface area contributed by atoms with Crippen molar-refractivity contribution in [1.82, 2.24) is 0 Å². The molecule has 0 amide bonds. The van der Waals surface area contributed by atoms with Crippen molar-refractivity contribution in [3.63, 3.8) is 0 Å². The van der Waals surface area contributed by atoms with E-state index in [2.05, 4.69) is 0 Å². The van der Waals surface area contributed by atoms with Gasteiger partial charge in [0, 0.05) is 0 Å². The molecular weight excluding hydrogens is 210 g/mol. The molecule has 16 heavy (non-hydrogen) atoms. The van der Waals surface area contributed by atoms with Crippen LogP contribution in [0.2, 0.25) is 0 Å². The van der Waals surface area contributed by atoms with Crippen molar-refractivity contribution in [2.24, 2.45) is 0 Å². The minimum atomic E-state index is -0.0924. The Morgan fingerprint density at radius 2 is 1.62 bits per heavy atom. The molecule has 90 valence electrons. The summed E-state index contributed by atoms with van der Waals surface area (Å²) in [6.07, 6.45) is 0. The second-order valence-electron chi connectivity index (χ2n) is 3.16. The number of aryl methyl sites for hydroxylation is 1. The van der Waals surface area contributed by atoms with E-state index in [-0.39, 0.29) is 26.4 Å². The van der Waals surface area contributed by atoms with Gasteiger partial charge in [-0.15, -0.1) is 5.23 Å². The van der Waals surface area contributed by atoms with Crippen LogP contribution in [0.4, 0.5) is 5.69 Å². The summed E-state index contributed by atoms with van der Waals surface area (Å²) in [6, 6.07) is 7.53. The third-order valence-electron chi connectivity index (χ3n) is 1.91. The highest BCUT2D eigenvalue weighted by Gasteiger charge is 2.10. The largest absolute Gasteiger partial charge is 0.394 e. The third-order valence-corrected chi connectivity index (χ3v) is 1.91. The van der Waals surface area contributed by atoms with E-state index in [0.29, 0.717) is 0 Å². The van der Waals surface area contributed by atoms with Gasteiger partial charge in [-0.2, -0.15) is 0 Å². The number of anilines is 1. The fourth-order valence-electron chi connectivity index (χ4n) is 1.19. The molecule has 0 aromatic heterocycles. The molecule has 0 aliphatic carbocycles. The molecule has 0 radical (unpaired) electrons. The third kappa shape index (κ3) is 3.79. The molecule has 0 spiro atoms. The van der Waals surface area contributed by atoms with E-state index < -0.39 is 0 Å². The number of aliphatic hydroxyl groups is 2. The van der Waals surface area contributed by atoms with Gasteiger partial charge in [0.15, 0.2) is 0 Å². The average Bonchev–Trinajstić information content (AvgIpc) is 2.31. The first-order valence-corrected chi connectivity index (χ1v) is 5.13. The molecule has 1 aromatic rings. The summed E-state index contributed by atoms with van der Waals surface area (Å²) >= 11 is 0. The lowest BCUT2D eigenvalue weighted by Crippen LogP contribution is -2.27. The minimum absolute atomic E-state index is 0.0924. The van der Waals surface area contributed by atoms with E-state index in [1.54, 1.807) is 0 Å². The first-order chi connectivity index (χ1) is 7.79. The molecule has 0 fully saturated rings. The molecule has 5 heteroatoms. The van der Waals surface area contributed by atoms with Crippen LogP contribution >= 0.6 is 0 Å². The second-order valence-corrected chi connectivity index (χ2v) is 3.16. The van der Waals surface area contributed by atoms with Gasteiger partial charge < -0.3 is 10.2 Å². The van der Waals surface area contributed by atoms with Crippen LogP contribution in [0, 0.1) is 6.92 Å². The normalized spacial score (nSPS) is 10.4. The molecule has 0 aliphatic rings. The molecule has 0 bridgehead atoms. The molecule has 1 aromatic carbocycles. The number of aliphatic hydroxyl groups excluding tert-OH is 2. The maximum atomic E-state index is 8.70. The number of hydrogen-bond acceptors (Lipinski definition) is 5. The smallest absolute Gasteiger partial charge is 0.101 e. The molecule has 0 saturated heterocycles. The van der Waals surface area contributed by atoms with E-state index in [0.717, 1.165) is 11.3 Å². The summed E-state index contributed by atoms with van der Waals surface area (Å²) in [4.78, 5) is 10.4. The fraction of sp³-hybridized carbons (Fsp3) is 0.455. The first kappa shape index (κ1) is 12.9. The summed E-state index contributed by atoms with van der Waals surface area (Å²) < 4.78 is 0. The summed E-state index contributed by atoms with van der Waals surface area (Å²) in [5.41, 5.74) is 1.74. The maximum absolute atomic E-state index is 8.70. The standard InChI is InChI=1S/C11H17NO4/c1-10-4-2-3-5-11(10)12(15-8-6-13)16-9-7-14/h2-5,13-14H,6-9H2,1H3. The Bertz CT molecular complexity index is 298. The zero-order valence-electron chi connectivity index (χ0n) is 9.30. The lowest BCUT2D eigenvalue weighted by molar-refractivity contribution is -0.103. The van der Waals surface area contributed by atoms with Gasteiger partial charge >= 0.3 is 0 Å². The van der Waals surface area contributed by atoms with Gasteiger partial charge in [-0.05, 0) is 18.6 Å². The molecular formula is C11H17NO4. The predicted molar refractivity (Wildman–Crippen MR) is 59.7 cm³/mol. The van der Waals surface area contributed by atoms with Crippen molar-refractivity contribution in [3.8, 4) is 0 Å². The van der Waals surface area contributed by atoms with E-state index >= 15 is 0 Å². The van der Waals surface area contributed by atoms with Crippen molar-refractivity contribution in [3.05, 3.63) is 29.8 Å². The number of para-hydroxylation sites is 1. The first-order valence-electron chi connectivity index (χ1n) is 5.13. The van der Waals surface area contributed by atoms with Crippen LogP contribution in [0.5, 0.6) is 0 Å². The van der Waals surface area contributed by atoms with Gasteiger partial charge in [0.25, 0.3) is 0 Å². The summed E-state index contributed by atoms with van der Waals surface area (Å²) in [6.45, 7) is 2.02. The van der Waals surface area contributed by atoms with Gasteiger partial charge in [-0.3, -0.25) is 0 Å². The number of rotatable bonds is 7. The van der Waals surface area contributed by atoms with Crippen LogP contribution in [0.1, 0.15) is 5.56 Å². The van der Waals surface area contributed by atoms with Gasteiger partial charge in [-0.1, -0.05) is 18.2 Å². The molecule has 1 rings (SSSR count). The highest BCUT2D eigenvalue weighted by atomic mass is 16.9. The van der Waals surface area contributed by atoms with E-state index in [9.17, 15) is 0 Å². The maximum Gasteiger partial charge on any atom is 0.101 e. The van der Waals surface area contributed by atoms with Crippen molar-refractivity contribution in [2.45, 2.75) is 6.92 Å². The minimum Gasteiger partial charge on any atom is -0.394 e. The molecule has 0 heterocycles. The zero-order chi connectivity index (χ0) is 11.8. The lowest BCUT2D eigenvalue weighted by atomic mass is 10.2. The van der Waals surface area contributed by atoms with Gasteiger partial charge in [0.05, 0.1) is 18.9 Å². The Morgan fingerprint density at radius 3 is 2.12 bits per heavy atom. The number of benzene rings is 1. The Morgan fingerprint density at radius 1 is 1.06 bits per heavy atom. The van der Waals surface area contributed by atoms with E-state index in [4.69, 9.17) is 19.9 Å². The van der Waals surface area contributed by atoms with Gasteiger partial charge in [0.1, 0.15) is 13.2 Å². The van der Waals surface area contributed by atoms with Crippen LogP contribution in [0.15, 0.2) is 24.3 Å². The van der Waals surface area contributed by atoms with Gasteiger partial charge in [0.2, 0.25) is 0 Å². The molecule has 0 aliphatic heterocycles. The lowest BCUT2D eigenvalue weighted by Gasteiger charge is -2.23. The summed E-state index contributed by atoms with van der Waals surface area (Å²) in [7, 11) is 0. The quantitative estimate of drug-likeness (QED) is 0.670. The van der Waals surface area contributed by atoms with E-state index in [1.165, 1.54) is 5.23 Å². The Hall–Kier alpha value is -1.14. The van der Waals surface area contributed by atoms with Crippen LogP contribution in [0.25, 0.3) is 0 Å². The molecule has 0 saturated carbocycles. The summed E-state index contributed by atoms with van der Waals surface area (Å²) in [5, 5.41) is 18.6. The predicted octanol–water partition coefficient (Wildman–Crippen LogP) is 0.649.